The average Bonchev–Trinajstić information content (AvgIpc) is 2.84. The van der Waals surface area contributed by atoms with Gasteiger partial charge in [0.2, 0.25) is 7.14 Å². The second-order valence-corrected chi connectivity index (χ2v) is 9.39. The lowest BCUT2D eigenvalue weighted by molar-refractivity contribution is 0.593. The van der Waals surface area contributed by atoms with E-state index in [2.05, 4.69) is 23.8 Å². The van der Waals surface area contributed by atoms with Gasteiger partial charge in [0, 0.05) is 22.3 Å². The molecule has 0 unspecified atom stereocenters. The van der Waals surface area contributed by atoms with E-state index in [1.54, 1.807) is 0 Å². The van der Waals surface area contributed by atoms with Crippen molar-refractivity contribution in [3.05, 3.63) is 127 Å². The first-order valence-electron chi connectivity index (χ1n) is 9.86. The first-order valence-corrected chi connectivity index (χ1v) is 11.6. The number of nitrogens with zero attached hydrogens (tertiary/aromatic N) is 1. The van der Waals surface area contributed by atoms with Crippen molar-refractivity contribution in [3.63, 3.8) is 0 Å². The van der Waals surface area contributed by atoms with E-state index < -0.39 is 7.14 Å². The SMILES string of the molecule is O=P(C#CN(Cc1ccccc1)c1ccccc1)(c1ccccc1)c1ccccc1. The van der Waals surface area contributed by atoms with Gasteiger partial charge < -0.3 is 0 Å². The molecular weight excluding hydrogens is 385 g/mol. The number of rotatable bonds is 5. The molecule has 0 spiro atoms. The zero-order valence-electron chi connectivity index (χ0n) is 16.6. The van der Waals surface area contributed by atoms with Crippen molar-refractivity contribution in [1.29, 1.82) is 0 Å². The zero-order valence-corrected chi connectivity index (χ0v) is 17.5. The zero-order chi connectivity index (χ0) is 20.7. The highest BCUT2D eigenvalue weighted by Crippen LogP contribution is 2.42. The topological polar surface area (TPSA) is 20.3 Å². The van der Waals surface area contributed by atoms with Crippen LogP contribution in [0.3, 0.4) is 0 Å². The van der Waals surface area contributed by atoms with E-state index >= 15 is 0 Å². The lowest BCUT2D eigenvalue weighted by Crippen LogP contribution is -2.18. The molecule has 0 bridgehead atoms. The molecule has 0 saturated heterocycles. The molecule has 0 aromatic heterocycles. The minimum atomic E-state index is -3.11. The summed E-state index contributed by atoms with van der Waals surface area (Å²) < 4.78 is 14.2. The van der Waals surface area contributed by atoms with Gasteiger partial charge in [0.25, 0.3) is 0 Å². The molecule has 0 heterocycles. The maximum atomic E-state index is 14.2. The molecule has 4 aromatic carbocycles. The summed E-state index contributed by atoms with van der Waals surface area (Å²) in [6, 6.07) is 42.5. The molecule has 0 N–H and O–H groups in total. The standard InChI is InChI=1S/C27H22NOP/c29-30(26-17-9-3-10-18-26,27-19-11-4-12-20-27)22-21-28(25-15-7-2-8-16-25)23-24-13-5-1-6-14-24/h1-20H,23H2. The van der Waals surface area contributed by atoms with E-state index in [-0.39, 0.29) is 0 Å². The van der Waals surface area contributed by atoms with Crippen molar-refractivity contribution in [2.45, 2.75) is 6.54 Å². The molecule has 0 atom stereocenters. The summed E-state index contributed by atoms with van der Waals surface area (Å²) in [6.45, 7) is 0.613. The van der Waals surface area contributed by atoms with Gasteiger partial charge in [-0.3, -0.25) is 9.46 Å². The predicted molar refractivity (Wildman–Crippen MR) is 127 cm³/mol. The Morgan fingerprint density at radius 2 is 1.03 bits per heavy atom. The molecule has 0 aliphatic carbocycles. The van der Waals surface area contributed by atoms with Crippen molar-refractivity contribution in [1.82, 2.24) is 0 Å². The first kappa shape index (κ1) is 19.8. The van der Waals surface area contributed by atoms with Crippen LogP contribution in [-0.4, -0.2) is 0 Å². The van der Waals surface area contributed by atoms with Gasteiger partial charge in [-0.2, -0.15) is 0 Å². The Labute approximate surface area is 178 Å². The summed E-state index contributed by atoms with van der Waals surface area (Å²) in [5.74, 6) is 0. The van der Waals surface area contributed by atoms with Gasteiger partial charge in [-0.1, -0.05) is 109 Å². The number of benzene rings is 4. The molecule has 3 heteroatoms. The fourth-order valence-corrected chi connectivity index (χ4v) is 5.26. The summed E-state index contributed by atoms with van der Waals surface area (Å²) >= 11 is 0. The maximum Gasteiger partial charge on any atom is 0.212 e. The van der Waals surface area contributed by atoms with E-state index in [9.17, 15) is 4.57 Å². The van der Waals surface area contributed by atoms with E-state index in [1.807, 2.05) is 114 Å². The lowest BCUT2D eigenvalue weighted by atomic mass is 10.2. The van der Waals surface area contributed by atoms with Gasteiger partial charge in [0.1, 0.15) is 0 Å². The van der Waals surface area contributed by atoms with Crippen LogP contribution in [0.5, 0.6) is 0 Å². The Balaban J connectivity index is 1.79. The minimum Gasteiger partial charge on any atom is -0.300 e. The Hall–Kier alpha value is -3.53. The van der Waals surface area contributed by atoms with Crippen molar-refractivity contribution in [3.8, 4) is 11.7 Å². The van der Waals surface area contributed by atoms with Crippen molar-refractivity contribution in [2.75, 3.05) is 4.90 Å². The normalized spacial score (nSPS) is 10.7. The van der Waals surface area contributed by atoms with Crippen LogP contribution in [0, 0.1) is 11.7 Å². The highest BCUT2D eigenvalue weighted by atomic mass is 31.2. The van der Waals surface area contributed by atoms with Crippen LogP contribution in [0.25, 0.3) is 0 Å². The van der Waals surface area contributed by atoms with Gasteiger partial charge in [-0.25, -0.2) is 0 Å². The van der Waals surface area contributed by atoms with Gasteiger partial charge in [0.05, 0.1) is 6.54 Å². The van der Waals surface area contributed by atoms with E-state index in [1.165, 1.54) is 0 Å². The highest BCUT2D eigenvalue weighted by molar-refractivity contribution is 7.83. The summed E-state index contributed by atoms with van der Waals surface area (Å²) in [6.07, 6.45) is 0. The number of anilines is 1. The first-order chi connectivity index (χ1) is 14.8. The van der Waals surface area contributed by atoms with Crippen LogP contribution in [0.1, 0.15) is 5.56 Å². The Morgan fingerprint density at radius 3 is 1.53 bits per heavy atom. The van der Waals surface area contributed by atoms with Gasteiger partial charge in [-0.15, -0.1) is 0 Å². The van der Waals surface area contributed by atoms with Gasteiger partial charge >= 0.3 is 0 Å². The fraction of sp³-hybridized carbons (Fsp3) is 0.0370. The highest BCUT2D eigenvalue weighted by Gasteiger charge is 2.25. The Bertz CT molecular complexity index is 1140. The fourth-order valence-electron chi connectivity index (χ4n) is 3.25. The molecule has 0 radical (unpaired) electrons. The number of hydrogen-bond donors (Lipinski definition) is 0. The van der Waals surface area contributed by atoms with Gasteiger partial charge in [-0.05, 0) is 23.4 Å². The smallest absolute Gasteiger partial charge is 0.212 e. The molecule has 2 nitrogen and oxygen atoms in total. The van der Waals surface area contributed by atoms with E-state index in [0.29, 0.717) is 6.54 Å². The van der Waals surface area contributed by atoms with E-state index in [4.69, 9.17) is 0 Å². The van der Waals surface area contributed by atoms with Crippen LogP contribution in [0.4, 0.5) is 5.69 Å². The van der Waals surface area contributed by atoms with Crippen LogP contribution >= 0.6 is 7.14 Å². The molecule has 30 heavy (non-hydrogen) atoms. The van der Waals surface area contributed by atoms with Gasteiger partial charge in [0.15, 0.2) is 0 Å². The molecule has 4 rings (SSSR count). The quantitative estimate of drug-likeness (QED) is 0.243. The minimum absolute atomic E-state index is 0.613. The average molecular weight is 407 g/mol. The van der Waals surface area contributed by atoms with Crippen molar-refractivity contribution < 1.29 is 4.57 Å². The largest absolute Gasteiger partial charge is 0.300 e. The molecule has 0 aliphatic heterocycles. The second-order valence-electron chi connectivity index (χ2n) is 6.91. The molecule has 0 saturated carbocycles. The molecule has 4 aromatic rings. The Morgan fingerprint density at radius 1 is 0.600 bits per heavy atom. The van der Waals surface area contributed by atoms with Crippen LogP contribution in [0.15, 0.2) is 121 Å². The monoisotopic (exact) mass is 407 g/mol. The number of para-hydroxylation sites is 1. The van der Waals surface area contributed by atoms with Crippen molar-refractivity contribution in [2.24, 2.45) is 0 Å². The molecule has 146 valence electrons. The summed E-state index contributed by atoms with van der Waals surface area (Å²) in [5.41, 5.74) is 5.30. The predicted octanol–water partition coefficient (Wildman–Crippen LogP) is 5.63. The summed E-state index contributed by atoms with van der Waals surface area (Å²) in [5, 5.41) is 1.49. The molecular formula is C27H22NOP. The second kappa shape index (κ2) is 9.31. The third kappa shape index (κ3) is 4.54. The third-order valence-electron chi connectivity index (χ3n) is 4.83. The number of hydrogen-bond acceptors (Lipinski definition) is 2. The summed E-state index contributed by atoms with van der Waals surface area (Å²) in [4.78, 5) is 1.97. The summed E-state index contributed by atoms with van der Waals surface area (Å²) in [7, 11) is -3.11. The third-order valence-corrected chi connectivity index (χ3v) is 7.30. The maximum absolute atomic E-state index is 14.2. The molecule has 0 fully saturated rings. The van der Waals surface area contributed by atoms with Crippen molar-refractivity contribution >= 4 is 23.4 Å². The molecule has 0 amide bonds. The Kier molecular flexibility index (Phi) is 6.14. The molecule has 0 aliphatic rings. The van der Waals surface area contributed by atoms with Crippen LogP contribution < -0.4 is 15.5 Å². The van der Waals surface area contributed by atoms with Crippen LogP contribution in [-0.2, 0) is 11.1 Å². The van der Waals surface area contributed by atoms with Crippen LogP contribution in [0.2, 0.25) is 0 Å². The lowest BCUT2D eigenvalue weighted by Gasteiger charge is -2.19. The van der Waals surface area contributed by atoms with E-state index in [0.717, 1.165) is 21.9 Å².